The van der Waals surface area contributed by atoms with E-state index in [2.05, 4.69) is 10.5 Å². The van der Waals surface area contributed by atoms with E-state index in [-0.39, 0.29) is 5.84 Å². The fourth-order valence-electron chi connectivity index (χ4n) is 1.33. The zero-order valence-corrected chi connectivity index (χ0v) is 9.80. The fourth-order valence-corrected chi connectivity index (χ4v) is 1.33. The van der Waals surface area contributed by atoms with E-state index in [0.29, 0.717) is 13.0 Å². The number of amidine groups is 1. The number of nitrogens with zero attached hydrogens (tertiary/aromatic N) is 1. The van der Waals surface area contributed by atoms with Crippen molar-refractivity contribution >= 4 is 5.84 Å². The van der Waals surface area contributed by atoms with Crippen molar-refractivity contribution in [2.45, 2.75) is 12.8 Å². The first kappa shape index (κ1) is 13.3. The Bertz CT molecular complexity index is 328. The molecule has 0 fully saturated rings. The number of ether oxygens (including phenoxy) is 1. The van der Waals surface area contributed by atoms with Crippen LogP contribution in [0.25, 0.3) is 0 Å². The average Bonchev–Trinajstić information content (AvgIpc) is 2.38. The molecule has 0 saturated carbocycles. The summed E-state index contributed by atoms with van der Waals surface area (Å²) in [6.07, 6.45) is 1.45. The smallest absolute Gasteiger partial charge is 0.139 e. The Kier molecular flexibility index (Phi) is 6.59. The summed E-state index contributed by atoms with van der Waals surface area (Å²) in [7, 11) is 0. The predicted octanol–water partition coefficient (Wildman–Crippen LogP) is 1.18. The van der Waals surface area contributed by atoms with Crippen LogP contribution in [0.5, 0.6) is 5.75 Å². The van der Waals surface area contributed by atoms with Crippen molar-refractivity contribution in [3.05, 3.63) is 30.3 Å². The van der Waals surface area contributed by atoms with Crippen LogP contribution < -0.4 is 15.8 Å². The second kappa shape index (κ2) is 8.41. The number of nitrogens with two attached hydrogens (primary N) is 1. The molecule has 1 rings (SSSR count). The van der Waals surface area contributed by atoms with Gasteiger partial charge in [-0.1, -0.05) is 23.4 Å². The Balaban J connectivity index is 1.95. The fraction of sp³-hybridized carbons (Fsp3) is 0.417. The van der Waals surface area contributed by atoms with Crippen molar-refractivity contribution < 1.29 is 9.94 Å². The molecule has 0 bridgehead atoms. The second-order valence-electron chi connectivity index (χ2n) is 3.61. The molecule has 4 N–H and O–H groups in total. The van der Waals surface area contributed by atoms with Crippen molar-refractivity contribution in [1.29, 1.82) is 0 Å². The Morgan fingerprint density at radius 2 is 2.06 bits per heavy atom. The average molecular weight is 237 g/mol. The molecule has 17 heavy (non-hydrogen) atoms. The number of oxime groups is 1. The molecule has 0 amide bonds. The van der Waals surface area contributed by atoms with Gasteiger partial charge in [-0.05, 0) is 25.1 Å². The maximum absolute atomic E-state index is 8.32. The molecule has 94 valence electrons. The standard InChI is InChI=1S/C12H19N3O2/c13-12(15-16)7-4-8-14-9-10-17-11-5-2-1-3-6-11/h1-3,5-6,14,16H,4,7-10H2,(H2,13,15). The Morgan fingerprint density at radius 1 is 1.29 bits per heavy atom. The van der Waals surface area contributed by atoms with E-state index in [0.717, 1.165) is 25.3 Å². The van der Waals surface area contributed by atoms with E-state index in [4.69, 9.17) is 15.7 Å². The third-order valence-corrected chi connectivity index (χ3v) is 2.21. The third-order valence-electron chi connectivity index (χ3n) is 2.21. The lowest BCUT2D eigenvalue weighted by Crippen LogP contribution is -2.23. The maximum atomic E-state index is 8.32. The van der Waals surface area contributed by atoms with Gasteiger partial charge in [0.2, 0.25) is 0 Å². The summed E-state index contributed by atoms with van der Waals surface area (Å²) < 4.78 is 5.50. The number of para-hydroxylation sites is 1. The maximum Gasteiger partial charge on any atom is 0.139 e. The van der Waals surface area contributed by atoms with Gasteiger partial charge < -0.3 is 21.0 Å². The number of benzene rings is 1. The van der Waals surface area contributed by atoms with Crippen LogP contribution in [0.3, 0.4) is 0 Å². The van der Waals surface area contributed by atoms with Gasteiger partial charge in [-0.2, -0.15) is 0 Å². The molecule has 0 radical (unpaired) electrons. The molecule has 1 aromatic rings. The highest BCUT2D eigenvalue weighted by Gasteiger charge is 1.94. The molecule has 0 aliphatic rings. The predicted molar refractivity (Wildman–Crippen MR) is 67.4 cm³/mol. The minimum absolute atomic E-state index is 0.271. The highest BCUT2D eigenvalue weighted by molar-refractivity contribution is 5.79. The van der Waals surface area contributed by atoms with Gasteiger partial charge in [0.05, 0.1) is 0 Å². The number of hydrogen-bond donors (Lipinski definition) is 3. The summed E-state index contributed by atoms with van der Waals surface area (Å²) in [6, 6.07) is 9.70. The van der Waals surface area contributed by atoms with Gasteiger partial charge in [-0.15, -0.1) is 0 Å². The third kappa shape index (κ3) is 6.42. The van der Waals surface area contributed by atoms with Crippen LogP contribution in [0.15, 0.2) is 35.5 Å². The minimum atomic E-state index is 0.271. The molecule has 0 aromatic heterocycles. The first-order valence-electron chi connectivity index (χ1n) is 5.68. The van der Waals surface area contributed by atoms with Crippen LogP contribution >= 0.6 is 0 Å². The molecule has 5 heteroatoms. The van der Waals surface area contributed by atoms with E-state index in [1.807, 2.05) is 30.3 Å². The summed E-state index contributed by atoms with van der Waals surface area (Å²) >= 11 is 0. The van der Waals surface area contributed by atoms with Gasteiger partial charge in [-0.25, -0.2) is 0 Å². The first-order chi connectivity index (χ1) is 8.33. The largest absolute Gasteiger partial charge is 0.492 e. The van der Waals surface area contributed by atoms with Gasteiger partial charge in [0.1, 0.15) is 18.2 Å². The molecular formula is C12H19N3O2. The zero-order chi connectivity index (χ0) is 12.3. The van der Waals surface area contributed by atoms with Crippen molar-refractivity contribution in [2.24, 2.45) is 10.9 Å². The normalized spacial score (nSPS) is 11.4. The summed E-state index contributed by atoms with van der Waals surface area (Å²) in [5.74, 6) is 1.15. The van der Waals surface area contributed by atoms with E-state index in [1.165, 1.54) is 0 Å². The van der Waals surface area contributed by atoms with Crippen LogP contribution in [-0.4, -0.2) is 30.7 Å². The van der Waals surface area contributed by atoms with Crippen molar-refractivity contribution in [2.75, 3.05) is 19.7 Å². The van der Waals surface area contributed by atoms with E-state index in [9.17, 15) is 0 Å². The van der Waals surface area contributed by atoms with Gasteiger partial charge >= 0.3 is 0 Å². The van der Waals surface area contributed by atoms with Gasteiger partial charge in [0.15, 0.2) is 0 Å². The minimum Gasteiger partial charge on any atom is -0.492 e. The van der Waals surface area contributed by atoms with Crippen LogP contribution in [0.1, 0.15) is 12.8 Å². The number of hydrogen-bond acceptors (Lipinski definition) is 4. The first-order valence-corrected chi connectivity index (χ1v) is 5.68. The molecule has 0 aliphatic heterocycles. The number of nitrogens with one attached hydrogen (secondary N) is 1. The van der Waals surface area contributed by atoms with Crippen molar-refractivity contribution in [1.82, 2.24) is 5.32 Å². The summed E-state index contributed by atoms with van der Waals surface area (Å²) in [5, 5.41) is 14.4. The molecule has 0 atom stereocenters. The van der Waals surface area contributed by atoms with Gasteiger partial charge in [-0.3, -0.25) is 0 Å². The van der Waals surface area contributed by atoms with E-state index < -0.39 is 0 Å². The van der Waals surface area contributed by atoms with E-state index >= 15 is 0 Å². The highest BCUT2D eigenvalue weighted by Crippen LogP contribution is 2.07. The second-order valence-corrected chi connectivity index (χ2v) is 3.61. The zero-order valence-electron chi connectivity index (χ0n) is 9.80. The molecule has 0 unspecified atom stereocenters. The molecular weight excluding hydrogens is 218 g/mol. The summed E-state index contributed by atoms with van der Waals surface area (Å²) in [5.41, 5.74) is 5.34. The van der Waals surface area contributed by atoms with Crippen molar-refractivity contribution in [3.8, 4) is 5.75 Å². The molecule has 0 saturated heterocycles. The molecule has 5 nitrogen and oxygen atoms in total. The van der Waals surface area contributed by atoms with Gasteiger partial charge in [0.25, 0.3) is 0 Å². The molecule has 1 aromatic carbocycles. The van der Waals surface area contributed by atoms with Crippen LogP contribution in [0, 0.1) is 0 Å². The lowest BCUT2D eigenvalue weighted by molar-refractivity contribution is 0.312. The summed E-state index contributed by atoms with van der Waals surface area (Å²) in [6.45, 7) is 2.24. The lowest BCUT2D eigenvalue weighted by atomic mass is 10.3. The van der Waals surface area contributed by atoms with Crippen LogP contribution in [-0.2, 0) is 0 Å². The topological polar surface area (TPSA) is 79.9 Å². The molecule has 0 aliphatic carbocycles. The summed E-state index contributed by atoms with van der Waals surface area (Å²) in [4.78, 5) is 0. The number of rotatable bonds is 8. The van der Waals surface area contributed by atoms with Crippen molar-refractivity contribution in [3.63, 3.8) is 0 Å². The van der Waals surface area contributed by atoms with Crippen LogP contribution in [0.4, 0.5) is 0 Å². The Hall–Kier alpha value is -1.75. The quantitative estimate of drug-likeness (QED) is 0.208. The van der Waals surface area contributed by atoms with Gasteiger partial charge in [0, 0.05) is 13.0 Å². The molecule has 0 spiro atoms. The molecule has 0 heterocycles. The lowest BCUT2D eigenvalue weighted by Gasteiger charge is -2.07. The van der Waals surface area contributed by atoms with Crippen LogP contribution in [0.2, 0.25) is 0 Å². The SMILES string of the molecule is NC(CCCNCCOc1ccccc1)=NO. The highest BCUT2D eigenvalue weighted by atomic mass is 16.5. The Morgan fingerprint density at radius 3 is 2.76 bits per heavy atom. The van der Waals surface area contributed by atoms with E-state index in [1.54, 1.807) is 0 Å². The Labute approximate surface area is 101 Å². The monoisotopic (exact) mass is 237 g/mol.